The summed E-state index contributed by atoms with van der Waals surface area (Å²) in [6.07, 6.45) is 18.9. The highest BCUT2D eigenvalue weighted by atomic mass is 16.5. The van der Waals surface area contributed by atoms with Crippen LogP contribution < -0.4 is 0 Å². The quantitative estimate of drug-likeness (QED) is 0.505. The number of fused-ring (bicyclic) bond motifs is 2. The fourth-order valence-electron chi connectivity index (χ4n) is 5.09. The maximum atomic E-state index is 5.47. The second-order valence-corrected chi connectivity index (χ2v) is 8.57. The van der Waals surface area contributed by atoms with Crippen molar-refractivity contribution in [2.45, 2.75) is 117 Å². The molecule has 23 heavy (non-hydrogen) atoms. The van der Waals surface area contributed by atoms with Gasteiger partial charge in [-0.2, -0.15) is 0 Å². The van der Waals surface area contributed by atoms with Gasteiger partial charge in [0.15, 0.2) is 0 Å². The Morgan fingerprint density at radius 1 is 0.478 bits per heavy atom. The van der Waals surface area contributed by atoms with Crippen LogP contribution in [0.4, 0.5) is 0 Å². The van der Waals surface area contributed by atoms with Gasteiger partial charge in [-0.1, -0.05) is 53.4 Å². The first kappa shape index (κ1) is 19.3. The summed E-state index contributed by atoms with van der Waals surface area (Å²) in [5, 5.41) is 0. The van der Waals surface area contributed by atoms with Crippen LogP contribution in [0.2, 0.25) is 0 Å². The number of ether oxygens (including phenoxy) is 1. The molecule has 2 aliphatic heterocycles. The molecule has 2 saturated carbocycles. The Bertz CT molecular complexity index is 259. The van der Waals surface area contributed by atoms with Gasteiger partial charge in [0.05, 0.1) is 12.2 Å². The summed E-state index contributed by atoms with van der Waals surface area (Å²) in [5.41, 5.74) is 0. The van der Waals surface area contributed by atoms with Crippen LogP contribution in [-0.4, -0.2) is 12.2 Å². The van der Waals surface area contributed by atoms with Crippen molar-refractivity contribution in [3.63, 3.8) is 0 Å². The summed E-state index contributed by atoms with van der Waals surface area (Å²) in [7, 11) is 0. The van der Waals surface area contributed by atoms with Gasteiger partial charge in [-0.3, -0.25) is 0 Å². The van der Waals surface area contributed by atoms with Crippen molar-refractivity contribution in [3.05, 3.63) is 0 Å². The van der Waals surface area contributed by atoms with Crippen molar-refractivity contribution in [1.29, 1.82) is 0 Å². The highest BCUT2D eigenvalue weighted by molar-refractivity contribution is 4.81. The lowest BCUT2D eigenvalue weighted by molar-refractivity contribution is 0.105. The van der Waals surface area contributed by atoms with E-state index in [9.17, 15) is 0 Å². The first-order valence-electron chi connectivity index (χ1n) is 10.9. The maximum absolute atomic E-state index is 5.47. The van der Waals surface area contributed by atoms with E-state index in [-0.39, 0.29) is 0 Å². The molecule has 0 amide bonds. The molecule has 1 heteroatoms. The minimum absolute atomic E-state index is 0.671. The predicted molar refractivity (Wildman–Crippen MR) is 101 cm³/mol. The fraction of sp³-hybridized carbons (Fsp3) is 1.00. The zero-order valence-corrected chi connectivity index (χ0v) is 16.4. The molecule has 4 fully saturated rings. The first-order chi connectivity index (χ1) is 11.2. The normalized spacial score (nSPS) is 42.3. The largest absolute Gasteiger partial charge is 0.375 e. The van der Waals surface area contributed by atoms with Crippen molar-refractivity contribution in [3.8, 4) is 0 Å². The first-order valence-corrected chi connectivity index (χ1v) is 10.9. The molecule has 0 aromatic rings. The van der Waals surface area contributed by atoms with Gasteiger partial charge in [0.1, 0.15) is 0 Å². The van der Waals surface area contributed by atoms with E-state index in [1.54, 1.807) is 25.7 Å². The van der Waals surface area contributed by atoms with Crippen molar-refractivity contribution in [2.24, 2.45) is 23.7 Å². The van der Waals surface area contributed by atoms with Crippen molar-refractivity contribution in [1.82, 2.24) is 0 Å². The third-order valence-electron chi connectivity index (χ3n) is 6.79. The van der Waals surface area contributed by atoms with Crippen molar-refractivity contribution < 1.29 is 4.74 Å². The van der Waals surface area contributed by atoms with Gasteiger partial charge in [0.25, 0.3) is 0 Å². The molecule has 0 spiro atoms. The molecule has 2 bridgehead atoms. The average molecular weight is 323 g/mol. The van der Waals surface area contributed by atoms with Crippen LogP contribution in [0, 0.1) is 23.7 Å². The van der Waals surface area contributed by atoms with Gasteiger partial charge in [0, 0.05) is 0 Å². The minimum atomic E-state index is 0.671. The molecular weight excluding hydrogens is 280 g/mol. The summed E-state index contributed by atoms with van der Waals surface area (Å²) < 4.78 is 5.47. The minimum Gasteiger partial charge on any atom is -0.375 e. The highest BCUT2D eigenvalue weighted by Crippen LogP contribution is 2.41. The standard InChI is InChI=1S/C14H26.C6H10O.C2H6/c1-11-3-7-13(8-4-11)14-9-5-12(2)6-10-14;1-2-6-4-3-5(1)7-6;1-2/h11-14H,3-10H2,1-2H3;5-6H,1-4H2;1-2H3. The molecule has 2 saturated heterocycles. The van der Waals surface area contributed by atoms with Crippen LogP contribution in [-0.2, 0) is 4.74 Å². The Morgan fingerprint density at radius 2 is 0.783 bits per heavy atom. The van der Waals surface area contributed by atoms with E-state index >= 15 is 0 Å². The van der Waals surface area contributed by atoms with Gasteiger partial charge in [-0.25, -0.2) is 0 Å². The smallest absolute Gasteiger partial charge is 0.0580 e. The molecule has 0 N–H and O–H groups in total. The van der Waals surface area contributed by atoms with E-state index in [0.29, 0.717) is 12.2 Å². The zero-order chi connectivity index (χ0) is 16.7. The molecule has 1 nitrogen and oxygen atoms in total. The Morgan fingerprint density at radius 3 is 1.00 bits per heavy atom. The Hall–Kier alpha value is -0.0400. The number of rotatable bonds is 1. The van der Waals surface area contributed by atoms with Crippen LogP contribution >= 0.6 is 0 Å². The van der Waals surface area contributed by atoms with Gasteiger partial charge in [0.2, 0.25) is 0 Å². The molecule has 0 aromatic carbocycles. The molecule has 0 aromatic heterocycles. The molecule has 136 valence electrons. The highest BCUT2D eigenvalue weighted by Gasteiger charge is 2.31. The summed E-state index contributed by atoms with van der Waals surface area (Å²) in [6, 6.07) is 0. The van der Waals surface area contributed by atoms with E-state index in [4.69, 9.17) is 4.74 Å². The van der Waals surface area contributed by atoms with Crippen LogP contribution in [0.25, 0.3) is 0 Å². The van der Waals surface area contributed by atoms with E-state index < -0.39 is 0 Å². The SMILES string of the molecule is C1CC2CCC1O2.CC.CC1CCC(C2CCC(C)CC2)CC1. The third-order valence-corrected chi connectivity index (χ3v) is 6.79. The van der Waals surface area contributed by atoms with E-state index in [1.807, 2.05) is 13.8 Å². The fourth-order valence-corrected chi connectivity index (χ4v) is 5.09. The zero-order valence-electron chi connectivity index (χ0n) is 16.4. The molecule has 0 atom stereocenters. The molecular formula is C22H42O. The Balaban J connectivity index is 0.000000177. The van der Waals surface area contributed by atoms with E-state index in [1.165, 1.54) is 51.4 Å². The molecule has 0 radical (unpaired) electrons. The lowest BCUT2D eigenvalue weighted by Crippen LogP contribution is -2.24. The monoisotopic (exact) mass is 322 g/mol. The van der Waals surface area contributed by atoms with Gasteiger partial charge in [-0.05, 0) is 75.0 Å². The predicted octanol–water partition coefficient (Wildman–Crippen LogP) is 6.99. The van der Waals surface area contributed by atoms with Crippen LogP contribution in [0.15, 0.2) is 0 Å². The summed E-state index contributed by atoms with van der Waals surface area (Å²) >= 11 is 0. The lowest BCUT2D eigenvalue weighted by Gasteiger charge is -2.36. The van der Waals surface area contributed by atoms with Gasteiger partial charge >= 0.3 is 0 Å². The van der Waals surface area contributed by atoms with Crippen LogP contribution in [0.3, 0.4) is 0 Å². The van der Waals surface area contributed by atoms with Gasteiger partial charge < -0.3 is 4.74 Å². The summed E-state index contributed by atoms with van der Waals surface area (Å²) in [6.45, 7) is 8.86. The van der Waals surface area contributed by atoms with Gasteiger partial charge in [-0.15, -0.1) is 0 Å². The summed E-state index contributed by atoms with van der Waals surface area (Å²) in [5.74, 6) is 4.26. The molecule has 0 unspecified atom stereocenters. The Kier molecular flexibility index (Phi) is 8.44. The average Bonchev–Trinajstić information content (AvgIpc) is 3.25. The molecule has 4 rings (SSSR count). The van der Waals surface area contributed by atoms with E-state index in [2.05, 4.69) is 13.8 Å². The second-order valence-electron chi connectivity index (χ2n) is 8.57. The topological polar surface area (TPSA) is 9.23 Å². The molecule has 2 heterocycles. The lowest BCUT2D eigenvalue weighted by atomic mass is 9.70. The second kappa shape index (κ2) is 10.1. The molecule has 4 aliphatic rings. The third kappa shape index (κ3) is 6.07. The van der Waals surface area contributed by atoms with Crippen LogP contribution in [0.5, 0.6) is 0 Å². The summed E-state index contributed by atoms with van der Waals surface area (Å²) in [4.78, 5) is 0. The number of hydrogen-bond donors (Lipinski definition) is 0. The number of hydrogen-bond acceptors (Lipinski definition) is 1. The van der Waals surface area contributed by atoms with Crippen LogP contribution in [0.1, 0.15) is 105 Å². The molecule has 2 aliphatic carbocycles. The van der Waals surface area contributed by atoms with Crippen molar-refractivity contribution >= 4 is 0 Å². The van der Waals surface area contributed by atoms with Crippen molar-refractivity contribution in [2.75, 3.05) is 0 Å². The maximum Gasteiger partial charge on any atom is 0.0580 e. The van der Waals surface area contributed by atoms with E-state index in [0.717, 1.165) is 23.7 Å². The Labute approximate surface area is 146 Å².